The molecular weight excluding hydrogens is 468 g/mol. The Kier molecular flexibility index (Phi) is 7.20. The molecule has 0 bridgehead atoms. The standard InChI is InChI=1S/C28H32N6O3/c1-19-17-34(18-22(26(35)36)15-20-7-3-2-4-8-20)28(37)32-25(19)33-13-11-21(12-14-33)16-29-27-30-23-9-5-6-10-24(23)31-27/h2-10,17,21-22H,11-16,18H2,1H3,(H,35,36)(H2,29,30,31). The van der Waals surface area contributed by atoms with Crippen LogP contribution in [0.3, 0.4) is 0 Å². The molecule has 192 valence electrons. The van der Waals surface area contributed by atoms with E-state index in [2.05, 4.69) is 25.2 Å². The monoisotopic (exact) mass is 500 g/mol. The fourth-order valence-electron chi connectivity index (χ4n) is 5.03. The number of para-hydroxylation sites is 2. The Bertz CT molecular complexity index is 1390. The van der Waals surface area contributed by atoms with Crippen LogP contribution in [0.5, 0.6) is 0 Å². The number of aromatic amines is 1. The van der Waals surface area contributed by atoms with Crippen molar-refractivity contribution in [3.05, 3.63) is 82.4 Å². The van der Waals surface area contributed by atoms with Crippen LogP contribution in [0.25, 0.3) is 11.0 Å². The van der Waals surface area contributed by atoms with E-state index in [0.29, 0.717) is 18.2 Å². The number of anilines is 2. The molecule has 2 aromatic carbocycles. The Balaban J connectivity index is 1.19. The summed E-state index contributed by atoms with van der Waals surface area (Å²) in [4.78, 5) is 39.2. The fraction of sp³-hybridized carbons (Fsp3) is 0.357. The lowest BCUT2D eigenvalue weighted by atomic mass is 9.96. The van der Waals surface area contributed by atoms with E-state index in [0.717, 1.165) is 60.6 Å². The third kappa shape index (κ3) is 5.82. The zero-order chi connectivity index (χ0) is 25.8. The Morgan fingerprint density at radius 3 is 2.57 bits per heavy atom. The van der Waals surface area contributed by atoms with Crippen LogP contribution in [0.4, 0.5) is 11.8 Å². The van der Waals surface area contributed by atoms with Crippen LogP contribution >= 0.6 is 0 Å². The third-order valence-corrected chi connectivity index (χ3v) is 7.10. The van der Waals surface area contributed by atoms with Gasteiger partial charge in [0.05, 0.1) is 17.0 Å². The Morgan fingerprint density at radius 2 is 1.84 bits per heavy atom. The normalized spacial score (nSPS) is 15.1. The molecule has 3 N–H and O–H groups in total. The molecule has 0 saturated carbocycles. The number of hydrogen-bond donors (Lipinski definition) is 3. The number of aromatic nitrogens is 4. The molecule has 0 aliphatic carbocycles. The van der Waals surface area contributed by atoms with Gasteiger partial charge in [0.1, 0.15) is 5.82 Å². The van der Waals surface area contributed by atoms with Gasteiger partial charge in [0.25, 0.3) is 0 Å². The van der Waals surface area contributed by atoms with Gasteiger partial charge in [-0.05, 0) is 49.8 Å². The molecule has 0 amide bonds. The SMILES string of the molecule is Cc1cn(CC(Cc2ccccc2)C(=O)O)c(=O)nc1N1CCC(CNc2nc3ccccc3[nH]2)CC1. The summed E-state index contributed by atoms with van der Waals surface area (Å²) in [6, 6.07) is 17.5. The molecule has 1 unspecified atom stereocenters. The van der Waals surface area contributed by atoms with E-state index in [1.165, 1.54) is 4.57 Å². The summed E-state index contributed by atoms with van der Waals surface area (Å²) in [5.41, 5.74) is 3.37. The van der Waals surface area contributed by atoms with Crippen molar-refractivity contribution in [2.75, 3.05) is 29.9 Å². The number of nitrogens with zero attached hydrogens (tertiary/aromatic N) is 4. The number of hydrogen-bond acceptors (Lipinski definition) is 6. The van der Waals surface area contributed by atoms with Crippen molar-refractivity contribution in [3.63, 3.8) is 0 Å². The van der Waals surface area contributed by atoms with E-state index in [1.807, 2.05) is 61.5 Å². The van der Waals surface area contributed by atoms with Crippen molar-refractivity contribution in [3.8, 4) is 0 Å². The van der Waals surface area contributed by atoms with Crippen LogP contribution in [-0.2, 0) is 17.8 Å². The molecule has 1 aliphatic rings. The van der Waals surface area contributed by atoms with Crippen molar-refractivity contribution in [1.29, 1.82) is 0 Å². The molecule has 9 heteroatoms. The number of benzene rings is 2. The molecule has 0 spiro atoms. The first-order valence-electron chi connectivity index (χ1n) is 12.7. The highest BCUT2D eigenvalue weighted by Crippen LogP contribution is 2.24. The van der Waals surface area contributed by atoms with Gasteiger partial charge in [0, 0.05) is 37.9 Å². The largest absolute Gasteiger partial charge is 0.481 e. The summed E-state index contributed by atoms with van der Waals surface area (Å²) >= 11 is 0. The zero-order valence-electron chi connectivity index (χ0n) is 20.9. The van der Waals surface area contributed by atoms with E-state index < -0.39 is 17.6 Å². The van der Waals surface area contributed by atoms with Crippen LogP contribution in [0.2, 0.25) is 0 Å². The number of imidazole rings is 1. The van der Waals surface area contributed by atoms with Crippen LogP contribution in [0.1, 0.15) is 24.0 Å². The average Bonchev–Trinajstić information content (AvgIpc) is 3.33. The molecule has 1 aliphatic heterocycles. The van der Waals surface area contributed by atoms with Crippen molar-refractivity contribution < 1.29 is 9.90 Å². The highest BCUT2D eigenvalue weighted by Gasteiger charge is 2.24. The second kappa shape index (κ2) is 10.9. The number of aliphatic carboxylic acids is 1. The first-order chi connectivity index (χ1) is 18.0. The Morgan fingerprint density at radius 1 is 1.11 bits per heavy atom. The van der Waals surface area contributed by atoms with E-state index in [1.54, 1.807) is 6.20 Å². The molecule has 1 fully saturated rings. The van der Waals surface area contributed by atoms with Crippen LogP contribution in [0, 0.1) is 18.8 Å². The Hall–Kier alpha value is -4.14. The maximum Gasteiger partial charge on any atom is 0.349 e. The maximum absolute atomic E-state index is 12.9. The minimum Gasteiger partial charge on any atom is -0.481 e. The van der Waals surface area contributed by atoms with Gasteiger partial charge in [-0.25, -0.2) is 9.78 Å². The molecule has 4 aromatic rings. The van der Waals surface area contributed by atoms with Gasteiger partial charge in [-0.1, -0.05) is 42.5 Å². The number of rotatable bonds is 9. The molecular formula is C28H32N6O3. The summed E-state index contributed by atoms with van der Waals surface area (Å²) in [7, 11) is 0. The Labute approximate surface area is 215 Å². The second-order valence-electron chi connectivity index (χ2n) is 9.82. The van der Waals surface area contributed by atoms with Gasteiger partial charge in [-0.15, -0.1) is 0 Å². The lowest BCUT2D eigenvalue weighted by Crippen LogP contribution is -2.39. The van der Waals surface area contributed by atoms with Crippen molar-refractivity contribution in [1.82, 2.24) is 19.5 Å². The quantitative estimate of drug-likeness (QED) is 0.321. The van der Waals surface area contributed by atoms with Gasteiger partial charge < -0.3 is 20.3 Å². The van der Waals surface area contributed by atoms with Crippen LogP contribution < -0.4 is 15.9 Å². The second-order valence-corrected chi connectivity index (χ2v) is 9.82. The van der Waals surface area contributed by atoms with Crippen molar-refractivity contribution >= 4 is 28.8 Å². The van der Waals surface area contributed by atoms with E-state index in [-0.39, 0.29) is 6.54 Å². The summed E-state index contributed by atoms with van der Waals surface area (Å²) < 4.78 is 1.44. The number of piperidine rings is 1. The molecule has 37 heavy (non-hydrogen) atoms. The van der Waals surface area contributed by atoms with Gasteiger partial charge in [0.2, 0.25) is 5.95 Å². The molecule has 1 atom stereocenters. The van der Waals surface area contributed by atoms with Crippen LogP contribution in [-0.4, -0.2) is 50.2 Å². The molecule has 9 nitrogen and oxygen atoms in total. The van der Waals surface area contributed by atoms with Crippen LogP contribution in [0.15, 0.2) is 65.6 Å². The van der Waals surface area contributed by atoms with Crippen molar-refractivity contribution in [2.45, 2.75) is 32.7 Å². The van der Waals surface area contributed by atoms with Gasteiger partial charge in [-0.3, -0.25) is 9.36 Å². The molecule has 1 saturated heterocycles. The average molecular weight is 501 g/mol. The third-order valence-electron chi connectivity index (χ3n) is 7.10. The number of carboxylic acids is 1. The van der Waals surface area contributed by atoms with E-state index in [4.69, 9.17) is 0 Å². The summed E-state index contributed by atoms with van der Waals surface area (Å²) in [5.74, 6) is 0.356. The number of fused-ring (bicyclic) bond motifs is 1. The molecule has 5 rings (SSSR count). The topological polar surface area (TPSA) is 116 Å². The first-order valence-corrected chi connectivity index (χ1v) is 12.7. The lowest BCUT2D eigenvalue weighted by Gasteiger charge is -2.33. The highest BCUT2D eigenvalue weighted by atomic mass is 16.4. The molecule has 0 radical (unpaired) electrons. The minimum atomic E-state index is -0.921. The summed E-state index contributed by atoms with van der Waals surface area (Å²) in [6.45, 7) is 4.48. The number of H-pyrrole nitrogens is 1. The van der Waals surface area contributed by atoms with E-state index >= 15 is 0 Å². The molecule has 2 aromatic heterocycles. The van der Waals surface area contributed by atoms with E-state index in [9.17, 15) is 14.7 Å². The summed E-state index contributed by atoms with van der Waals surface area (Å²) in [5, 5.41) is 13.2. The first kappa shape index (κ1) is 24.5. The smallest absolute Gasteiger partial charge is 0.349 e. The summed E-state index contributed by atoms with van der Waals surface area (Å²) in [6.07, 6.45) is 4.07. The minimum absolute atomic E-state index is 0.0900. The fourth-order valence-corrected chi connectivity index (χ4v) is 5.03. The van der Waals surface area contributed by atoms with Gasteiger partial charge >= 0.3 is 11.7 Å². The maximum atomic E-state index is 12.9. The number of nitrogens with one attached hydrogen (secondary N) is 2. The van der Waals surface area contributed by atoms with Gasteiger partial charge in [0.15, 0.2) is 0 Å². The van der Waals surface area contributed by atoms with Gasteiger partial charge in [-0.2, -0.15) is 4.98 Å². The number of carboxylic acid groups (broad SMARTS) is 1. The predicted octanol–water partition coefficient (Wildman–Crippen LogP) is 3.70. The highest BCUT2D eigenvalue weighted by molar-refractivity contribution is 5.77. The number of aryl methyl sites for hydroxylation is 1. The number of carbonyl (C=O) groups is 1. The van der Waals surface area contributed by atoms with Crippen molar-refractivity contribution in [2.24, 2.45) is 11.8 Å². The molecule has 3 heterocycles. The zero-order valence-corrected chi connectivity index (χ0v) is 20.9. The lowest BCUT2D eigenvalue weighted by molar-refractivity contribution is -0.142. The predicted molar refractivity (Wildman–Crippen MR) is 144 cm³/mol.